The van der Waals surface area contributed by atoms with Gasteiger partial charge in [0.25, 0.3) is 0 Å². The smallest absolute Gasteiger partial charge is 0.126 e. The third-order valence-corrected chi connectivity index (χ3v) is 5.22. The van der Waals surface area contributed by atoms with Crippen LogP contribution in [-0.2, 0) is 4.74 Å². The first-order chi connectivity index (χ1) is 9.51. The highest BCUT2D eigenvalue weighted by Crippen LogP contribution is 2.42. The lowest BCUT2D eigenvalue weighted by Crippen LogP contribution is -2.30. The molecule has 1 saturated heterocycles. The van der Waals surface area contributed by atoms with Gasteiger partial charge < -0.3 is 14.8 Å². The predicted molar refractivity (Wildman–Crippen MR) is 85.5 cm³/mol. The largest absolute Gasteiger partial charge is 0.496 e. The summed E-state index contributed by atoms with van der Waals surface area (Å²) in [5, 5.41) is 3.48. The highest BCUT2D eigenvalue weighted by atomic mass is 79.9. The maximum Gasteiger partial charge on any atom is 0.126 e. The van der Waals surface area contributed by atoms with E-state index in [0.717, 1.165) is 28.8 Å². The second-order valence-electron chi connectivity index (χ2n) is 5.54. The van der Waals surface area contributed by atoms with Crippen LogP contribution in [0.1, 0.15) is 36.1 Å². The third-order valence-electron chi connectivity index (χ3n) is 4.40. The van der Waals surface area contributed by atoms with E-state index >= 15 is 0 Å². The van der Waals surface area contributed by atoms with E-state index in [1.165, 1.54) is 11.1 Å². The van der Waals surface area contributed by atoms with E-state index < -0.39 is 0 Å². The van der Waals surface area contributed by atoms with Crippen LogP contribution in [0.4, 0.5) is 0 Å². The van der Waals surface area contributed by atoms with Gasteiger partial charge in [-0.3, -0.25) is 0 Å². The molecule has 0 amide bonds. The molecule has 1 heterocycles. The van der Waals surface area contributed by atoms with Crippen LogP contribution in [0, 0.1) is 19.8 Å². The van der Waals surface area contributed by atoms with Crippen LogP contribution in [0.3, 0.4) is 0 Å². The van der Waals surface area contributed by atoms with Crippen molar-refractivity contribution < 1.29 is 9.47 Å². The number of hydrogen-bond acceptors (Lipinski definition) is 3. The molecule has 20 heavy (non-hydrogen) atoms. The molecule has 3 nitrogen and oxygen atoms in total. The summed E-state index contributed by atoms with van der Waals surface area (Å²) >= 11 is 3.67. The first kappa shape index (κ1) is 15.8. The van der Waals surface area contributed by atoms with Crippen molar-refractivity contribution in [3.05, 3.63) is 27.2 Å². The Morgan fingerprint density at radius 1 is 1.45 bits per heavy atom. The zero-order chi connectivity index (χ0) is 14.9. The molecule has 1 aromatic rings. The van der Waals surface area contributed by atoms with Crippen molar-refractivity contribution in [1.29, 1.82) is 0 Å². The Morgan fingerprint density at radius 3 is 2.65 bits per heavy atom. The Labute approximate surface area is 130 Å². The van der Waals surface area contributed by atoms with Gasteiger partial charge in [-0.15, -0.1) is 0 Å². The Bertz CT molecular complexity index is 490. The van der Waals surface area contributed by atoms with Gasteiger partial charge in [0.2, 0.25) is 0 Å². The lowest BCUT2D eigenvalue weighted by Gasteiger charge is -2.29. The monoisotopic (exact) mass is 341 g/mol. The SMILES string of the molecule is CNC(c1c(C)c(Br)cc(C)c1OC)C1CCOC1C. The highest BCUT2D eigenvalue weighted by Gasteiger charge is 2.35. The second kappa shape index (κ2) is 6.46. The first-order valence-corrected chi connectivity index (χ1v) is 7.93. The molecule has 3 unspecified atom stereocenters. The van der Waals surface area contributed by atoms with E-state index in [0.29, 0.717) is 5.92 Å². The molecule has 0 saturated carbocycles. The Morgan fingerprint density at radius 2 is 2.15 bits per heavy atom. The minimum Gasteiger partial charge on any atom is -0.496 e. The van der Waals surface area contributed by atoms with Crippen molar-refractivity contribution >= 4 is 15.9 Å². The van der Waals surface area contributed by atoms with E-state index in [2.05, 4.69) is 48.1 Å². The molecule has 0 radical (unpaired) electrons. The quantitative estimate of drug-likeness (QED) is 0.904. The fraction of sp³-hybridized carbons (Fsp3) is 0.625. The third kappa shape index (κ3) is 2.74. The zero-order valence-electron chi connectivity index (χ0n) is 12.9. The van der Waals surface area contributed by atoms with Gasteiger partial charge in [-0.2, -0.15) is 0 Å². The zero-order valence-corrected chi connectivity index (χ0v) is 14.5. The molecule has 1 fully saturated rings. The lowest BCUT2D eigenvalue weighted by atomic mass is 9.85. The Kier molecular flexibility index (Phi) is 5.10. The van der Waals surface area contributed by atoms with Crippen LogP contribution in [-0.4, -0.2) is 26.9 Å². The number of hydrogen-bond donors (Lipinski definition) is 1. The van der Waals surface area contributed by atoms with Gasteiger partial charge in [-0.1, -0.05) is 15.9 Å². The van der Waals surface area contributed by atoms with Crippen molar-refractivity contribution in [1.82, 2.24) is 5.32 Å². The van der Waals surface area contributed by atoms with Gasteiger partial charge in [0.05, 0.1) is 13.2 Å². The van der Waals surface area contributed by atoms with Gasteiger partial charge in [0.15, 0.2) is 0 Å². The van der Waals surface area contributed by atoms with Crippen LogP contribution < -0.4 is 10.1 Å². The number of aryl methyl sites for hydroxylation is 1. The summed E-state index contributed by atoms with van der Waals surface area (Å²) in [5.74, 6) is 1.46. The predicted octanol–water partition coefficient (Wildman–Crippen LogP) is 3.76. The van der Waals surface area contributed by atoms with Gasteiger partial charge >= 0.3 is 0 Å². The maximum absolute atomic E-state index is 5.75. The van der Waals surface area contributed by atoms with E-state index in [1.54, 1.807) is 7.11 Å². The maximum atomic E-state index is 5.75. The number of ether oxygens (including phenoxy) is 2. The van der Waals surface area contributed by atoms with Crippen LogP contribution >= 0.6 is 15.9 Å². The summed E-state index contributed by atoms with van der Waals surface area (Å²) < 4.78 is 12.6. The van der Waals surface area contributed by atoms with E-state index in [1.807, 2.05) is 7.05 Å². The molecule has 0 bridgehead atoms. The highest BCUT2D eigenvalue weighted by molar-refractivity contribution is 9.10. The first-order valence-electron chi connectivity index (χ1n) is 7.13. The summed E-state index contributed by atoms with van der Waals surface area (Å²) in [5.41, 5.74) is 3.65. The molecule has 1 N–H and O–H groups in total. The molecule has 4 heteroatoms. The average molecular weight is 342 g/mol. The van der Waals surface area contributed by atoms with E-state index in [9.17, 15) is 0 Å². The van der Waals surface area contributed by atoms with Crippen LogP contribution in [0.5, 0.6) is 5.75 Å². The van der Waals surface area contributed by atoms with Crippen molar-refractivity contribution in [2.75, 3.05) is 20.8 Å². The number of nitrogens with one attached hydrogen (secondary N) is 1. The number of halogens is 1. The van der Waals surface area contributed by atoms with E-state index in [4.69, 9.17) is 9.47 Å². The van der Waals surface area contributed by atoms with Crippen molar-refractivity contribution in [3.8, 4) is 5.75 Å². The standard InChI is InChI=1S/C16H24BrNO2/c1-9-8-13(17)10(2)14(16(9)19-5)15(18-4)12-6-7-20-11(12)3/h8,11-12,15,18H,6-7H2,1-5H3. The number of methoxy groups -OCH3 is 1. The van der Waals surface area contributed by atoms with Crippen LogP contribution in [0.15, 0.2) is 10.5 Å². The van der Waals surface area contributed by atoms with Crippen LogP contribution in [0.2, 0.25) is 0 Å². The second-order valence-corrected chi connectivity index (χ2v) is 6.40. The van der Waals surface area contributed by atoms with E-state index in [-0.39, 0.29) is 12.1 Å². The topological polar surface area (TPSA) is 30.5 Å². The molecule has 1 aliphatic heterocycles. The minimum absolute atomic E-state index is 0.249. The van der Waals surface area contributed by atoms with Gasteiger partial charge in [0.1, 0.15) is 5.75 Å². The lowest BCUT2D eigenvalue weighted by molar-refractivity contribution is 0.0959. The number of benzene rings is 1. The van der Waals surface area contributed by atoms with Gasteiger partial charge in [-0.05, 0) is 51.4 Å². The molecule has 1 aliphatic rings. The molecule has 0 spiro atoms. The van der Waals surface area contributed by atoms with Gasteiger partial charge in [0, 0.05) is 28.6 Å². The molecular formula is C16H24BrNO2. The molecule has 3 atom stereocenters. The van der Waals surface area contributed by atoms with Gasteiger partial charge in [-0.25, -0.2) is 0 Å². The molecule has 1 aromatic carbocycles. The fourth-order valence-electron chi connectivity index (χ4n) is 3.28. The summed E-state index contributed by atoms with van der Waals surface area (Å²) in [4.78, 5) is 0. The Hall–Kier alpha value is -0.580. The number of rotatable bonds is 4. The van der Waals surface area contributed by atoms with Crippen molar-refractivity contribution in [2.24, 2.45) is 5.92 Å². The Balaban J connectivity index is 2.53. The summed E-state index contributed by atoms with van der Waals surface area (Å²) in [7, 11) is 3.77. The normalized spacial score (nSPS) is 23.9. The molecule has 0 aliphatic carbocycles. The minimum atomic E-state index is 0.249. The average Bonchev–Trinajstić information content (AvgIpc) is 2.83. The van der Waals surface area contributed by atoms with Crippen LogP contribution in [0.25, 0.3) is 0 Å². The van der Waals surface area contributed by atoms with Crippen molar-refractivity contribution in [2.45, 2.75) is 39.3 Å². The fourth-order valence-corrected chi connectivity index (χ4v) is 3.84. The summed E-state index contributed by atoms with van der Waals surface area (Å²) in [6, 6.07) is 2.37. The molecule has 112 valence electrons. The van der Waals surface area contributed by atoms with Crippen molar-refractivity contribution in [3.63, 3.8) is 0 Å². The molecule has 0 aromatic heterocycles. The summed E-state index contributed by atoms with van der Waals surface area (Å²) in [6.07, 6.45) is 1.36. The molecule has 2 rings (SSSR count). The summed E-state index contributed by atoms with van der Waals surface area (Å²) in [6.45, 7) is 7.24. The molecular weight excluding hydrogens is 318 g/mol.